The van der Waals surface area contributed by atoms with Gasteiger partial charge in [0.2, 0.25) is 0 Å². The summed E-state index contributed by atoms with van der Waals surface area (Å²) in [6.45, 7) is 0.384. The van der Waals surface area contributed by atoms with E-state index < -0.39 is 0 Å². The van der Waals surface area contributed by atoms with E-state index in [-0.39, 0.29) is 5.91 Å². The van der Waals surface area contributed by atoms with Gasteiger partial charge < -0.3 is 9.73 Å². The number of amides is 1. The molecule has 0 fully saturated rings. The number of benzene rings is 1. The van der Waals surface area contributed by atoms with E-state index in [0.29, 0.717) is 12.2 Å². The van der Waals surface area contributed by atoms with Crippen LogP contribution in [0, 0.1) is 0 Å². The number of nitrogens with zero attached hydrogens (tertiary/aromatic N) is 2. The normalized spacial score (nSPS) is 10.7. The van der Waals surface area contributed by atoms with Gasteiger partial charge in [-0.15, -0.1) is 0 Å². The zero-order valence-electron chi connectivity index (χ0n) is 13.3. The van der Waals surface area contributed by atoms with Crippen molar-refractivity contribution in [1.29, 1.82) is 0 Å². The van der Waals surface area contributed by atoms with E-state index in [1.165, 1.54) is 0 Å². The summed E-state index contributed by atoms with van der Waals surface area (Å²) in [6.07, 6.45) is 4.99. The molecule has 0 unspecified atom stereocenters. The minimum absolute atomic E-state index is 0.202. The van der Waals surface area contributed by atoms with Gasteiger partial charge in [0.05, 0.1) is 6.26 Å². The SMILES string of the molecule is O=C(NCc1ccc(-c2ccco2)nc1)c1nccc2ccccc12. The molecule has 122 valence electrons. The molecule has 0 bridgehead atoms. The zero-order chi connectivity index (χ0) is 17.1. The lowest BCUT2D eigenvalue weighted by atomic mass is 10.1. The van der Waals surface area contributed by atoms with E-state index in [1.54, 1.807) is 18.7 Å². The van der Waals surface area contributed by atoms with Gasteiger partial charge in [0.15, 0.2) is 5.76 Å². The summed E-state index contributed by atoms with van der Waals surface area (Å²) in [5, 5.41) is 4.73. The lowest BCUT2D eigenvalue weighted by molar-refractivity contribution is 0.0948. The smallest absolute Gasteiger partial charge is 0.270 e. The van der Waals surface area contributed by atoms with Gasteiger partial charge in [-0.05, 0) is 35.2 Å². The first kappa shape index (κ1) is 15.1. The molecule has 0 radical (unpaired) electrons. The molecule has 0 saturated heterocycles. The number of carbonyl (C=O) groups excluding carboxylic acids is 1. The van der Waals surface area contributed by atoms with Gasteiger partial charge in [-0.25, -0.2) is 0 Å². The van der Waals surface area contributed by atoms with Crippen molar-refractivity contribution in [3.05, 3.63) is 84.5 Å². The molecule has 25 heavy (non-hydrogen) atoms. The molecular formula is C20H15N3O2. The van der Waals surface area contributed by atoms with Crippen molar-refractivity contribution in [1.82, 2.24) is 15.3 Å². The van der Waals surface area contributed by atoms with Crippen LogP contribution in [0.5, 0.6) is 0 Å². The Morgan fingerprint density at radius 3 is 2.72 bits per heavy atom. The van der Waals surface area contributed by atoms with Gasteiger partial charge >= 0.3 is 0 Å². The molecule has 1 N–H and O–H groups in total. The van der Waals surface area contributed by atoms with Gasteiger partial charge in [-0.2, -0.15) is 0 Å². The molecule has 4 rings (SSSR count). The van der Waals surface area contributed by atoms with Crippen LogP contribution in [-0.4, -0.2) is 15.9 Å². The van der Waals surface area contributed by atoms with E-state index in [4.69, 9.17) is 4.42 Å². The van der Waals surface area contributed by atoms with E-state index >= 15 is 0 Å². The van der Waals surface area contributed by atoms with Crippen LogP contribution < -0.4 is 5.32 Å². The standard InChI is InChI=1S/C20H15N3O2/c24-20(19-16-5-2-1-4-15(16)9-10-21-19)23-13-14-7-8-17(22-12-14)18-6-3-11-25-18/h1-12H,13H2,(H,23,24). The van der Waals surface area contributed by atoms with Gasteiger partial charge in [-0.1, -0.05) is 30.3 Å². The first-order valence-electron chi connectivity index (χ1n) is 7.92. The van der Waals surface area contributed by atoms with Crippen molar-refractivity contribution >= 4 is 16.7 Å². The maximum atomic E-state index is 12.5. The third kappa shape index (κ3) is 3.12. The number of hydrogen-bond donors (Lipinski definition) is 1. The molecule has 5 nitrogen and oxygen atoms in total. The second-order valence-electron chi connectivity index (χ2n) is 5.59. The average Bonchev–Trinajstić information content (AvgIpc) is 3.21. The summed E-state index contributed by atoms with van der Waals surface area (Å²) in [7, 11) is 0. The van der Waals surface area contributed by atoms with Crippen molar-refractivity contribution in [2.45, 2.75) is 6.54 Å². The maximum Gasteiger partial charge on any atom is 0.270 e. The summed E-state index contributed by atoms with van der Waals surface area (Å²) in [5.74, 6) is 0.516. The number of carbonyl (C=O) groups is 1. The molecule has 0 spiro atoms. The molecule has 0 atom stereocenters. The average molecular weight is 329 g/mol. The summed E-state index contributed by atoms with van der Waals surface area (Å²) in [6, 6.07) is 17.1. The lowest BCUT2D eigenvalue weighted by Gasteiger charge is -2.07. The summed E-state index contributed by atoms with van der Waals surface area (Å²) in [5.41, 5.74) is 2.10. The Balaban J connectivity index is 1.48. The number of rotatable bonds is 4. The predicted molar refractivity (Wildman–Crippen MR) is 94.9 cm³/mol. The van der Waals surface area contributed by atoms with E-state index in [2.05, 4.69) is 15.3 Å². The highest BCUT2D eigenvalue weighted by molar-refractivity contribution is 6.05. The molecule has 4 aromatic rings. The monoisotopic (exact) mass is 329 g/mol. The molecule has 1 amide bonds. The number of nitrogens with one attached hydrogen (secondary N) is 1. The highest BCUT2D eigenvalue weighted by atomic mass is 16.3. The minimum Gasteiger partial charge on any atom is -0.463 e. The summed E-state index contributed by atoms with van der Waals surface area (Å²) < 4.78 is 5.32. The van der Waals surface area contributed by atoms with Crippen LogP contribution in [0.1, 0.15) is 16.1 Å². The summed E-state index contributed by atoms with van der Waals surface area (Å²) >= 11 is 0. The molecular weight excluding hydrogens is 314 g/mol. The highest BCUT2D eigenvalue weighted by Gasteiger charge is 2.11. The maximum absolute atomic E-state index is 12.5. The van der Waals surface area contributed by atoms with Crippen LogP contribution in [0.3, 0.4) is 0 Å². The van der Waals surface area contributed by atoms with Crippen molar-refractivity contribution in [3.63, 3.8) is 0 Å². The van der Waals surface area contributed by atoms with Gasteiger partial charge in [0, 0.05) is 24.3 Å². The summed E-state index contributed by atoms with van der Waals surface area (Å²) in [4.78, 5) is 21.1. The number of fused-ring (bicyclic) bond motifs is 1. The van der Waals surface area contributed by atoms with Crippen molar-refractivity contribution in [2.24, 2.45) is 0 Å². The Hall–Kier alpha value is -3.47. The second kappa shape index (κ2) is 6.57. The molecule has 5 heteroatoms. The number of furan rings is 1. The van der Waals surface area contributed by atoms with Crippen LogP contribution in [0.25, 0.3) is 22.2 Å². The van der Waals surface area contributed by atoms with Crippen LogP contribution >= 0.6 is 0 Å². The van der Waals surface area contributed by atoms with Crippen LogP contribution in [0.2, 0.25) is 0 Å². The minimum atomic E-state index is -0.202. The fourth-order valence-electron chi connectivity index (χ4n) is 2.67. The van der Waals surface area contributed by atoms with Crippen LogP contribution in [-0.2, 0) is 6.54 Å². The Kier molecular flexibility index (Phi) is 3.96. The Bertz CT molecular complexity index is 1000. The Labute approximate surface area is 144 Å². The molecule has 3 heterocycles. The lowest BCUT2D eigenvalue weighted by Crippen LogP contribution is -2.24. The zero-order valence-corrected chi connectivity index (χ0v) is 13.3. The first-order valence-corrected chi connectivity index (χ1v) is 7.92. The number of hydrogen-bond acceptors (Lipinski definition) is 4. The fourth-order valence-corrected chi connectivity index (χ4v) is 2.67. The van der Waals surface area contributed by atoms with Gasteiger partial charge in [0.25, 0.3) is 5.91 Å². The molecule has 3 aromatic heterocycles. The molecule has 0 aliphatic heterocycles. The number of pyridine rings is 2. The largest absolute Gasteiger partial charge is 0.463 e. The van der Waals surface area contributed by atoms with Gasteiger partial charge in [0.1, 0.15) is 11.4 Å². The fraction of sp³-hybridized carbons (Fsp3) is 0.0500. The van der Waals surface area contributed by atoms with E-state index in [0.717, 1.165) is 27.8 Å². The Morgan fingerprint density at radius 2 is 1.92 bits per heavy atom. The Morgan fingerprint density at radius 1 is 1.00 bits per heavy atom. The topological polar surface area (TPSA) is 68.0 Å². The van der Waals surface area contributed by atoms with Gasteiger partial charge in [-0.3, -0.25) is 14.8 Å². The molecule has 0 aliphatic carbocycles. The second-order valence-corrected chi connectivity index (χ2v) is 5.59. The van der Waals surface area contributed by atoms with Crippen molar-refractivity contribution in [3.8, 4) is 11.5 Å². The molecule has 0 aliphatic rings. The number of aromatic nitrogens is 2. The third-order valence-electron chi connectivity index (χ3n) is 3.94. The quantitative estimate of drug-likeness (QED) is 0.618. The molecule has 1 aromatic carbocycles. The van der Waals surface area contributed by atoms with E-state index in [1.807, 2.05) is 54.6 Å². The highest BCUT2D eigenvalue weighted by Crippen LogP contribution is 2.18. The van der Waals surface area contributed by atoms with Crippen LogP contribution in [0.15, 0.2) is 77.7 Å². The predicted octanol–water partition coefficient (Wildman–Crippen LogP) is 3.82. The third-order valence-corrected chi connectivity index (χ3v) is 3.94. The first-order chi connectivity index (χ1) is 12.3. The molecule has 0 saturated carbocycles. The van der Waals surface area contributed by atoms with E-state index in [9.17, 15) is 4.79 Å². The van der Waals surface area contributed by atoms with Crippen LogP contribution in [0.4, 0.5) is 0 Å². The van der Waals surface area contributed by atoms with Crippen molar-refractivity contribution in [2.75, 3.05) is 0 Å². The van der Waals surface area contributed by atoms with Crippen molar-refractivity contribution < 1.29 is 9.21 Å².